The van der Waals surface area contributed by atoms with Crippen LogP contribution in [-0.2, 0) is 6.54 Å². The summed E-state index contributed by atoms with van der Waals surface area (Å²) in [5.74, 6) is -0.648. The Kier molecular flexibility index (Phi) is 5.84. The van der Waals surface area contributed by atoms with Crippen molar-refractivity contribution < 1.29 is 9.59 Å². The Morgan fingerprint density at radius 3 is 2.41 bits per heavy atom. The maximum Gasteiger partial charge on any atom is 0.257 e. The first-order chi connectivity index (χ1) is 13.0. The predicted octanol–water partition coefficient (Wildman–Crippen LogP) is 4.23. The molecule has 0 aliphatic heterocycles. The molecule has 0 saturated carbocycles. The SMILES string of the molecule is Cc1c(Cl)cccc1NC(=O)c1cncc(C(=O)NCc2ccccc2)c1. The number of anilines is 1. The van der Waals surface area contributed by atoms with E-state index in [2.05, 4.69) is 15.6 Å². The molecule has 2 aromatic carbocycles. The van der Waals surface area contributed by atoms with Gasteiger partial charge in [0.2, 0.25) is 0 Å². The summed E-state index contributed by atoms with van der Waals surface area (Å²) in [6, 6.07) is 16.4. The van der Waals surface area contributed by atoms with Gasteiger partial charge < -0.3 is 10.6 Å². The van der Waals surface area contributed by atoms with Gasteiger partial charge in [0.15, 0.2) is 0 Å². The Morgan fingerprint density at radius 1 is 0.963 bits per heavy atom. The van der Waals surface area contributed by atoms with Crippen LogP contribution >= 0.6 is 11.6 Å². The van der Waals surface area contributed by atoms with Gasteiger partial charge in [-0.15, -0.1) is 0 Å². The van der Waals surface area contributed by atoms with Gasteiger partial charge in [-0.25, -0.2) is 0 Å². The second kappa shape index (κ2) is 8.47. The van der Waals surface area contributed by atoms with E-state index in [1.807, 2.05) is 37.3 Å². The molecule has 0 saturated heterocycles. The molecule has 3 rings (SSSR count). The molecular formula is C21H18ClN3O2. The maximum absolute atomic E-state index is 12.5. The third-order valence-electron chi connectivity index (χ3n) is 4.07. The van der Waals surface area contributed by atoms with Crippen LogP contribution in [0.15, 0.2) is 67.0 Å². The molecule has 1 heterocycles. The summed E-state index contributed by atoms with van der Waals surface area (Å²) < 4.78 is 0. The van der Waals surface area contributed by atoms with E-state index in [1.54, 1.807) is 18.2 Å². The van der Waals surface area contributed by atoms with Crippen molar-refractivity contribution in [2.45, 2.75) is 13.5 Å². The maximum atomic E-state index is 12.5. The van der Waals surface area contributed by atoms with E-state index in [0.717, 1.165) is 11.1 Å². The van der Waals surface area contributed by atoms with Gasteiger partial charge in [0.25, 0.3) is 11.8 Å². The lowest BCUT2D eigenvalue weighted by molar-refractivity contribution is 0.0950. The highest BCUT2D eigenvalue weighted by atomic mass is 35.5. The van der Waals surface area contributed by atoms with E-state index in [9.17, 15) is 9.59 Å². The minimum Gasteiger partial charge on any atom is -0.348 e. The van der Waals surface area contributed by atoms with Gasteiger partial charge in [-0.05, 0) is 36.2 Å². The van der Waals surface area contributed by atoms with Crippen LogP contribution in [0.2, 0.25) is 5.02 Å². The summed E-state index contributed by atoms with van der Waals surface area (Å²) in [6.07, 6.45) is 2.85. The minimum atomic E-state index is -0.356. The molecule has 3 aromatic rings. The van der Waals surface area contributed by atoms with Crippen LogP contribution in [0.1, 0.15) is 31.8 Å². The van der Waals surface area contributed by atoms with Crippen LogP contribution in [0.25, 0.3) is 0 Å². The lowest BCUT2D eigenvalue weighted by Gasteiger charge is -2.10. The van der Waals surface area contributed by atoms with Gasteiger partial charge in [-0.1, -0.05) is 48.0 Å². The fraction of sp³-hybridized carbons (Fsp3) is 0.0952. The summed E-state index contributed by atoms with van der Waals surface area (Å²) >= 11 is 6.08. The van der Waals surface area contributed by atoms with Crippen molar-refractivity contribution in [2.24, 2.45) is 0 Å². The van der Waals surface area contributed by atoms with Gasteiger partial charge in [0, 0.05) is 29.6 Å². The standard InChI is InChI=1S/C21H18ClN3O2/c1-14-18(22)8-5-9-19(14)25-21(27)17-10-16(12-23-13-17)20(26)24-11-15-6-3-2-4-7-15/h2-10,12-13H,11H2,1H3,(H,24,26)(H,25,27). The molecule has 0 aliphatic rings. The molecule has 0 radical (unpaired) electrons. The molecule has 0 bridgehead atoms. The van der Waals surface area contributed by atoms with Crippen molar-refractivity contribution in [3.63, 3.8) is 0 Å². The fourth-order valence-electron chi connectivity index (χ4n) is 2.51. The van der Waals surface area contributed by atoms with Gasteiger partial charge in [-0.2, -0.15) is 0 Å². The van der Waals surface area contributed by atoms with Crippen LogP contribution < -0.4 is 10.6 Å². The Labute approximate surface area is 162 Å². The molecule has 0 fully saturated rings. The second-order valence-corrected chi connectivity index (χ2v) is 6.40. The van der Waals surface area contributed by atoms with E-state index in [4.69, 9.17) is 11.6 Å². The number of carbonyl (C=O) groups excluding carboxylic acids is 2. The molecule has 5 nitrogen and oxygen atoms in total. The number of hydrogen-bond donors (Lipinski definition) is 2. The zero-order valence-corrected chi connectivity index (χ0v) is 15.5. The first-order valence-corrected chi connectivity index (χ1v) is 8.76. The van der Waals surface area contributed by atoms with Gasteiger partial charge >= 0.3 is 0 Å². The topological polar surface area (TPSA) is 71.1 Å². The highest BCUT2D eigenvalue weighted by Gasteiger charge is 2.13. The third-order valence-corrected chi connectivity index (χ3v) is 4.48. The molecule has 0 aliphatic carbocycles. The zero-order chi connectivity index (χ0) is 19.2. The number of pyridine rings is 1. The van der Waals surface area contributed by atoms with Crippen molar-refractivity contribution in [2.75, 3.05) is 5.32 Å². The molecule has 0 unspecified atom stereocenters. The van der Waals surface area contributed by atoms with Crippen LogP contribution in [-0.4, -0.2) is 16.8 Å². The number of nitrogens with zero attached hydrogens (tertiary/aromatic N) is 1. The van der Waals surface area contributed by atoms with E-state index >= 15 is 0 Å². The number of aromatic nitrogens is 1. The molecule has 2 N–H and O–H groups in total. The fourth-order valence-corrected chi connectivity index (χ4v) is 2.68. The quantitative estimate of drug-likeness (QED) is 0.697. The number of halogens is 1. The molecule has 1 aromatic heterocycles. The van der Waals surface area contributed by atoms with Crippen molar-refractivity contribution in [1.82, 2.24) is 10.3 Å². The number of amides is 2. The first kappa shape index (κ1) is 18.6. The number of benzene rings is 2. The largest absolute Gasteiger partial charge is 0.348 e. The molecule has 6 heteroatoms. The van der Waals surface area contributed by atoms with Crippen LogP contribution in [0.5, 0.6) is 0 Å². The molecule has 0 atom stereocenters. The monoisotopic (exact) mass is 379 g/mol. The average Bonchev–Trinajstić information content (AvgIpc) is 2.70. The number of nitrogens with one attached hydrogen (secondary N) is 2. The van der Waals surface area contributed by atoms with Crippen molar-refractivity contribution >= 4 is 29.1 Å². The van der Waals surface area contributed by atoms with Crippen LogP contribution in [0, 0.1) is 6.92 Å². The molecule has 136 valence electrons. The minimum absolute atomic E-state index is 0.292. The Bertz CT molecular complexity index is 974. The van der Waals surface area contributed by atoms with Crippen molar-refractivity contribution in [3.05, 3.63) is 94.3 Å². The first-order valence-electron chi connectivity index (χ1n) is 8.38. The Hall–Kier alpha value is -3.18. The smallest absolute Gasteiger partial charge is 0.257 e. The molecule has 27 heavy (non-hydrogen) atoms. The number of hydrogen-bond acceptors (Lipinski definition) is 3. The normalized spacial score (nSPS) is 10.3. The average molecular weight is 380 g/mol. The van der Waals surface area contributed by atoms with Gasteiger partial charge in [0.05, 0.1) is 11.1 Å². The van der Waals surface area contributed by atoms with Gasteiger partial charge in [0.1, 0.15) is 0 Å². The van der Waals surface area contributed by atoms with E-state index in [0.29, 0.717) is 28.4 Å². The molecule has 2 amide bonds. The summed E-state index contributed by atoms with van der Waals surface area (Å²) in [4.78, 5) is 28.9. The van der Waals surface area contributed by atoms with E-state index in [-0.39, 0.29) is 11.8 Å². The predicted molar refractivity (Wildman–Crippen MR) is 106 cm³/mol. The Morgan fingerprint density at radius 2 is 1.67 bits per heavy atom. The summed E-state index contributed by atoms with van der Waals surface area (Å²) in [5, 5.41) is 6.19. The number of rotatable bonds is 5. The summed E-state index contributed by atoms with van der Waals surface area (Å²) in [7, 11) is 0. The Balaban J connectivity index is 1.70. The third kappa shape index (κ3) is 4.71. The highest BCUT2D eigenvalue weighted by Crippen LogP contribution is 2.23. The zero-order valence-electron chi connectivity index (χ0n) is 14.7. The van der Waals surface area contributed by atoms with Crippen LogP contribution in [0.4, 0.5) is 5.69 Å². The van der Waals surface area contributed by atoms with Crippen molar-refractivity contribution in [1.29, 1.82) is 0 Å². The van der Waals surface area contributed by atoms with Gasteiger partial charge in [-0.3, -0.25) is 14.6 Å². The van der Waals surface area contributed by atoms with E-state index < -0.39 is 0 Å². The molecule has 0 spiro atoms. The lowest BCUT2D eigenvalue weighted by Crippen LogP contribution is -2.23. The highest BCUT2D eigenvalue weighted by molar-refractivity contribution is 6.31. The molecular weight excluding hydrogens is 362 g/mol. The van der Waals surface area contributed by atoms with Crippen LogP contribution in [0.3, 0.4) is 0 Å². The summed E-state index contributed by atoms with van der Waals surface area (Å²) in [6.45, 7) is 2.22. The second-order valence-electron chi connectivity index (χ2n) is 6.00. The summed E-state index contributed by atoms with van der Waals surface area (Å²) in [5.41, 5.74) is 3.00. The lowest BCUT2D eigenvalue weighted by atomic mass is 10.1. The van der Waals surface area contributed by atoms with Crippen molar-refractivity contribution in [3.8, 4) is 0 Å². The number of carbonyl (C=O) groups is 2. The van der Waals surface area contributed by atoms with E-state index in [1.165, 1.54) is 18.5 Å².